The van der Waals surface area contributed by atoms with Crippen molar-refractivity contribution in [1.29, 1.82) is 0 Å². The van der Waals surface area contributed by atoms with Crippen LogP contribution in [-0.4, -0.2) is 6.76 Å². The molecule has 2 aliphatic rings. The van der Waals surface area contributed by atoms with Gasteiger partial charge in [0.15, 0.2) is 6.76 Å². The Hall–Kier alpha value is 1.18. The van der Waals surface area contributed by atoms with Gasteiger partial charge in [-0.05, 0) is 11.8 Å². The molecule has 0 amide bonds. The fraction of sp³-hybridized carbons (Fsp3) is 1.00. The van der Waals surface area contributed by atoms with Crippen molar-refractivity contribution in [2.45, 2.75) is 64.2 Å². The van der Waals surface area contributed by atoms with Gasteiger partial charge < -0.3 is 0 Å². The summed E-state index contributed by atoms with van der Waals surface area (Å²) in [6.45, 7) is 0.0417. The van der Waals surface area contributed by atoms with Crippen LogP contribution in [0, 0.1) is 11.8 Å². The van der Waals surface area contributed by atoms with Crippen molar-refractivity contribution in [1.82, 2.24) is 0 Å². The van der Waals surface area contributed by atoms with Crippen LogP contribution in [0.5, 0.6) is 0 Å². The highest BCUT2D eigenvalue weighted by Gasteiger charge is 2.24. The maximum Gasteiger partial charge on any atom is 0.171 e. The summed E-state index contributed by atoms with van der Waals surface area (Å²) in [6, 6.07) is 0. The highest BCUT2D eigenvalue weighted by Crippen LogP contribution is 2.37. The molecule has 2 fully saturated rings. The van der Waals surface area contributed by atoms with E-state index >= 15 is 0 Å². The van der Waals surface area contributed by atoms with Crippen LogP contribution in [0.25, 0.3) is 0 Å². The molecule has 90 valence electrons. The third-order valence-electron chi connectivity index (χ3n) is 3.97. The first-order valence-electron chi connectivity index (χ1n) is 6.50. The van der Waals surface area contributed by atoms with E-state index in [1.807, 2.05) is 0 Å². The van der Waals surface area contributed by atoms with Crippen LogP contribution < -0.4 is 0 Å². The molecule has 2 rings (SSSR count). The molecule has 0 radical (unpaired) electrons. The van der Waals surface area contributed by atoms with Gasteiger partial charge in [0.05, 0.1) is 0 Å². The minimum absolute atomic E-state index is 0.0417. The second-order valence-electron chi connectivity index (χ2n) is 4.90. The van der Waals surface area contributed by atoms with Crippen molar-refractivity contribution in [2.24, 2.45) is 11.8 Å². The van der Waals surface area contributed by atoms with E-state index in [4.69, 9.17) is 0 Å². The lowest BCUT2D eigenvalue weighted by molar-refractivity contribution is 0.196. The van der Waals surface area contributed by atoms with Crippen LogP contribution in [0.2, 0.25) is 0 Å². The van der Waals surface area contributed by atoms with Crippen LogP contribution in [0.15, 0.2) is 0 Å². The first-order chi connectivity index (χ1) is 7.38. The third kappa shape index (κ3) is 5.88. The molecule has 0 heterocycles. The molecule has 0 spiro atoms. The minimum Gasteiger partial charge on any atom is -0.120 e. The van der Waals surface area contributed by atoms with E-state index < -0.39 is 0 Å². The summed E-state index contributed by atoms with van der Waals surface area (Å²) in [5.41, 5.74) is 0. The van der Waals surface area contributed by atoms with E-state index in [2.05, 4.69) is 30.6 Å². The summed E-state index contributed by atoms with van der Waals surface area (Å²) < 4.78 is 0. The van der Waals surface area contributed by atoms with Gasteiger partial charge in [-0.15, -0.1) is 30.6 Å². The zero-order chi connectivity index (χ0) is 10.9. The van der Waals surface area contributed by atoms with E-state index in [0.29, 0.717) is 0 Å². The first kappa shape index (κ1) is 14.2. The Bertz CT molecular complexity index is 125. The molecule has 0 nitrogen and oxygen atoms in total. The normalized spacial score (nSPS) is 24.4. The summed E-state index contributed by atoms with van der Waals surface area (Å²) in [6.07, 6.45) is 15.4. The van der Waals surface area contributed by atoms with Crippen molar-refractivity contribution in [3.8, 4) is 0 Å². The molecule has 0 aliphatic heterocycles. The number of rotatable bonds is 1. The molecule has 3 heteroatoms. The van der Waals surface area contributed by atoms with Gasteiger partial charge in [0, 0.05) is 0 Å². The fourth-order valence-corrected chi connectivity index (χ4v) is 3.21. The molecule has 2 aliphatic carbocycles. The van der Waals surface area contributed by atoms with E-state index in [1.54, 1.807) is 25.7 Å². The van der Waals surface area contributed by atoms with Crippen LogP contribution in [0.3, 0.4) is 0 Å². The molecule has 0 aromatic heterocycles. The second kappa shape index (κ2) is 9.23. The summed E-state index contributed by atoms with van der Waals surface area (Å²) in [5, 5.41) is 0. The Labute approximate surface area is 113 Å². The van der Waals surface area contributed by atoms with Gasteiger partial charge in [0.1, 0.15) is 0 Å². The quantitative estimate of drug-likeness (QED) is 0.462. The Kier molecular flexibility index (Phi) is 8.76. The molecule has 0 aromatic carbocycles. The Morgan fingerprint density at radius 3 is 1.13 bits per heavy atom. The number of halogens is 2. The van der Waals surface area contributed by atoms with Crippen molar-refractivity contribution in [2.75, 3.05) is 0 Å². The first-order valence-corrected chi connectivity index (χ1v) is 14.3. The average molecular weight is 356 g/mol. The predicted molar refractivity (Wildman–Crippen MR) is 79.5 cm³/mol. The number of hydrogen-bond acceptors (Lipinski definition) is 0. The van der Waals surface area contributed by atoms with Gasteiger partial charge >= 0.3 is 0 Å². The Morgan fingerprint density at radius 1 is 0.600 bits per heavy atom. The minimum atomic E-state index is 0.0417. The van der Waals surface area contributed by atoms with E-state index in [1.165, 1.54) is 38.5 Å². The lowest BCUT2D eigenvalue weighted by atomic mass is 9.73. The van der Waals surface area contributed by atoms with Gasteiger partial charge in [-0.3, -0.25) is 0 Å². The molecule has 0 saturated heterocycles. The number of hydrogen-bond donors (Lipinski definition) is 0. The highest BCUT2D eigenvalue weighted by atomic mass is 79.9. The van der Waals surface area contributed by atoms with Crippen LogP contribution in [-0.2, 0) is 0 Å². The van der Waals surface area contributed by atoms with Gasteiger partial charge in [0.25, 0.3) is 0 Å². The monoisotopic (exact) mass is 354 g/mol. The van der Waals surface area contributed by atoms with Crippen LogP contribution in [0.1, 0.15) is 64.2 Å². The zero-order valence-electron chi connectivity index (χ0n) is 9.69. The van der Waals surface area contributed by atoms with E-state index in [0.717, 1.165) is 11.8 Å². The van der Waals surface area contributed by atoms with E-state index in [9.17, 15) is 0 Å². The predicted octanol–water partition coefficient (Wildman–Crippen LogP) is 4.92. The van der Waals surface area contributed by atoms with Gasteiger partial charge in [-0.2, -0.15) is 0 Å². The Morgan fingerprint density at radius 2 is 0.867 bits per heavy atom. The van der Waals surface area contributed by atoms with Crippen molar-refractivity contribution in [3.05, 3.63) is 0 Å². The highest BCUT2D eigenvalue weighted by molar-refractivity contribution is 9.47. The molecular weight excluding hydrogens is 332 g/mol. The maximum absolute atomic E-state index is 3.20. The summed E-state index contributed by atoms with van der Waals surface area (Å²) >= 11 is 6.40. The maximum atomic E-state index is 3.20. The van der Waals surface area contributed by atoms with Crippen LogP contribution in [0.4, 0.5) is 0 Å². The summed E-state index contributed by atoms with van der Waals surface area (Å²) in [4.78, 5) is 0. The summed E-state index contributed by atoms with van der Waals surface area (Å²) in [7, 11) is 0. The molecule has 0 aromatic rings. The van der Waals surface area contributed by atoms with Gasteiger partial charge in [-0.25, -0.2) is 0 Å². The SMILES string of the molecule is Br[SiH2]Br.C1CCC(C2CCCCC2)CC1. The second-order valence-corrected chi connectivity index (χ2v) is 13.0. The molecule has 0 bridgehead atoms. The van der Waals surface area contributed by atoms with Gasteiger partial charge in [0.2, 0.25) is 0 Å². The lowest BCUT2D eigenvalue weighted by Gasteiger charge is -2.32. The zero-order valence-corrected chi connectivity index (χ0v) is 14.3. The Balaban J connectivity index is 0.000000337. The topological polar surface area (TPSA) is 0 Å². The fourth-order valence-electron chi connectivity index (χ4n) is 3.21. The average Bonchev–Trinajstić information content (AvgIpc) is 2.32. The molecule has 15 heavy (non-hydrogen) atoms. The molecule has 0 atom stereocenters. The standard InChI is InChI=1S/C12H22.Br2H2Si/c1-3-7-11(8-4-1)12-9-5-2-6-10-12;1-3-2/h11-12H,1-10H2;3H2. The van der Waals surface area contributed by atoms with Crippen molar-refractivity contribution < 1.29 is 0 Å². The van der Waals surface area contributed by atoms with Gasteiger partial charge in [-0.1, -0.05) is 64.2 Å². The molecule has 2 saturated carbocycles. The molecular formula is C12H24Br2Si. The van der Waals surface area contributed by atoms with Crippen LogP contribution >= 0.6 is 30.6 Å². The smallest absolute Gasteiger partial charge is 0.120 e. The third-order valence-corrected chi connectivity index (χ3v) is 3.97. The summed E-state index contributed by atoms with van der Waals surface area (Å²) in [5.74, 6) is 2.28. The lowest BCUT2D eigenvalue weighted by Crippen LogP contribution is -2.20. The van der Waals surface area contributed by atoms with Crippen molar-refractivity contribution in [3.63, 3.8) is 0 Å². The largest absolute Gasteiger partial charge is 0.171 e. The van der Waals surface area contributed by atoms with E-state index in [-0.39, 0.29) is 6.76 Å². The molecule has 0 unspecified atom stereocenters. The molecule has 0 N–H and O–H groups in total. The van der Waals surface area contributed by atoms with Crippen molar-refractivity contribution >= 4 is 37.3 Å².